The smallest absolute Gasteiger partial charge is 0.0914 e. The van der Waals surface area contributed by atoms with E-state index < -0.39 is 6.10 Å². The van der Waals surface area contributed by atoms with Gasteiger partial charge in [0, 0.05) is 24.7 Å². The monoisotopic (exact) mass is 268 g/mol. The molecule has 4 heteroatoms. The number of likely N-dealkylation sites (tertiary alicyclic amines) is 1. The van der Waals surface area contributed by atoms with Crippen molar-refractivity contribution in [1.82, 2.24) is 10.2 Å². The molecule has 0 saturated carbocycles. The summed E-state index contributed by atoms with van der Waals surface area (Å²) in [5.41, 5.74) is 0.910. The molecule has 0 amide bonds. The van der Waals surface area contributed by atoms with Gasteiger partial charge in [-0.05, 0) is 43.6 Å². The maximum absolute atomic E-state index is 9.98. The summed E-state index contributed by atoms with van der Waals surface area (Å²) in [6.45, 7) is 5.05. The van der Waals surface area contributed by atoms with E-state index in [4.69, 9.17) is 11.6 Å². The van der Waals surface area contributed by atoms with Crippen LogP contribution < -0.4 is 5.32 Å². The predicted octanol–water partition coefficient (Wildman–Crippen LogP) is 2.06. The zero-order valence-corrected chi connectivity index (χ0v) is 11.4. The van der Waals surface area contributed by atoms with E-state index in [9.17, 15) is 5.11 Å². The number of nitrogens with zero attached hydrogens (tertiary/aromatic N) is 1. The molecular formula is C14H21ClN2O. The van der Waals surface area contributed by atoms with Crippen LogP contribution in [0.1, 0.15) is 24.5 Å². The first kappa shape index (κ1) is 13.8. The Hall–Kier alpha value is -0.610. The molecule has 1 unspecified atom stereocenters. The van der Waals surface area contributed by atoms with Crippen molar-refractivity contribution in [3.05, 3.63) is 34.9 Å². The van der Waals surface area contributed by atoms with Gasteiger partial charge in [-0.3, -0.25) is 0 Å². The molecule has 1 aliphatic heterocycles. The fourth-order valence-electron chi connectivity index (χ4n) is 2.28. The van der Waals surface area contributed by atoms with Gasteiger partial charge in [-0.1, -0.05) is 23.7 Å². The Morgan fingerprint density at radius 1 is 1.22 bits per heavy atom. The fraction of sp³-hybridized carbons (Fsp3) is 0.571. The summed E-state index contributed by atoms with van der Waals surface area (Å²) in [6.07, 6.45) is 2.20. The molecule has 1 fully saturated rings. The van der Waals surface area contributed by atoms with Crippen molar-refractivity contribution in [3.63, 3.8) is 0 Å². The molecule has 2 N–H and O–H groups in total. The van der Waals surface area contributed by atoms with Gasteiger partial charge in [0.15, 0.2) is 0 Å². The number of benzene rings is 1. The third kappa shape index (κ3) is 4.25. The molecule has 0 radical (unpaired) electrons. The molecule has 3 nitrogen and oxygen atoms in total. The molecule has 0 aliphatic carbocycles. The largest absolute Gasteiger partial charge is 0.387 e. The van der Waals surface area contributed by atoms with Gasteiger partial charge < -0.3 is 15.3 Å². The molecule has 1 aromatic rings. The quantitative estimate of drug-likeness (QED) is 0.776. The summed E-state index contributed by atoms with van der Waals surface area (Å²) in [6, 6.07) is 7.36. The lowest BCUT2D eigenvalue weighted by Gasteiger charge is -2.16. The zero-order valence-electron chi connectivity index (χ0n) is 10.6. The number of nitrogens with one attached hydrogen (secondary N) is 1. The van der Waals surface area contributed by atoms with E-state index in [0.29, 0.717) is 11.6 Å². The van der Waals surface area contributed by atoms with Crippen LogP contribution in [0, 0.1) is 0 Å². The summed E-state index contributed by atoms with van der Waals surface area (Å²) in [5, 5.41) is 14.0. The topological polar surface area (TPSA) is 35.5 Å². The minimum absolute atomic E-state index is 0.458. The van der Waals surface area contributed by atoms with E-state index in [1.54, 1.807) is 0 Å². The van der Waals surface area contributed by atoms with E-state index in [-0.39, 0.29) is 0 Å². The fourth-order valence-corrected chi connectivity index (χ4v) is 2.41. The highest BCUT2D eigenvalue weighted by Crippen LogP contribution is 2.15. The first-order chi connectivity index (χ1) is 8.75. The second kappa shape index (κ2) is 7.10. The Morgan fingerprint density at radius 2 is 1.89 bits per heavy atom. The average Bonchev–Trinajstić information content (AvgIpc) is 2.88. The average molecular weight is 269 g/mol. The van der Waals surface area contributed by atoms with Gasteiger partial charge in [-0.25, -0.2) is 0 Å². The maximum Gasteiger partial charge on any atom is 0.0914 e. The number of hydrogen-bond donors (Lipinski definition) is 2. The third-order valence-corrected chi connectivity index (χ3v) is 3.65. The minimum atomic E-state index is -0.458. The van der Waals surface area contributed by atoms with Crippen LogP contribution in [0.2, 0.25) is 5.02 Å². The Balaban J connectivity index is 1.64. The Kier molecular flexibility index (Phi) is 5.45. The molecule has 0 bridgehead atoms. The second-order valence-electron chi connectivity index (χ2n) is 4.82. The van der Waals surface area contributed by atoms with Crippen molar-refractivity contribution in [2.45, 2.75) is 18.9 Å². The maximum atomic E-state index is 9.98. The van der Waals surface area contributed by atoms with Crippen LogP contribution in [-0.2, 0) is 0 Å². The zero-order chi connectivity index (χ0) is 12.8. The predicted molar refractivity (Wildman–Crippen MR) is 75.0 cm³/mol. The van der Waals surface area contributed by atoms with E-state index in [2.05, 4.69) is 10.2 Å². The Bertz CT molecular complexity index is 349. The van der Waals surface area contributed by atoms with Crippen molar-refractivity contribution in [2.24, 2.45) is 0 Å². The van der Waals surface area contributed by atoms with Crippen molar-refractivity contribution >= 4 is 11.6 Å². The standard InChI is InChI=1S/C14H21ClN2O/c15-13-5-3-12(4-6-13)14(18)11-16-7-10-17-8-1-2-9-17/h3-6,14,16,18H,1-2,7-11H2. The molecule has 1 saturated heterocycles. The van der Waals surface area contributed by atoms with Crippen LogP contribution in [0.4, 0.5) is 0 Å². The van der Waals surface area contributed by atoms with Crippen molar-refractivity contribution in [3.8, 4) is 0 Å². The van der Waals surface area contributed by atoms with E-state index in [1.165, 1.54) is 25.9 Å². The molecule has 0 aromatic heterocycles. The van der Waals surface area contributed by atoms with Crippen molar-refractivity contribution in [2.75, 3.05) is 32.7 Å². The highest BCUT2D eigenvalue weighted by molar-refractivity contribution is 6.30. The normalized spacial score (nSPS) is 18.1. The molecule has 100 valence electrons. The lowest BCUT2D eigenvalue weighted by Crippen LogP contribution is -2.32. The van der Waals surface area contributed by atoms with Gasteiger partial charge >= 0.3 is 0 Å². The molecule has 0 spiro atoms. The summed E-state index contributed by atoms with van der Waals surface area (Å²) in [7, 11) is 0. The highest BCUT2D eigenvalue weighted by atomic mass is 35.5. The Labute approximate surface area is 114 Å². The van der Waals surface area contributed by atoms with Gasteiger partial charge in [-0.2, -0.15) is 0 Å². The van der Waals surface area contributed by atoms with Crippen LogP contribution in [-0.4, -0.2) is 42.7 Å². The van der Waals surface area contributed by atoms with Crippen molar-refractivity contribution < 1.29 is 5.11 Å². The van der Waals surface area contributed by atoms with Crippen molar-refractivity contribution in [1.29, 1.82) is 0 Å². The lowest BCUT2D eigenvalue weighted by molar-refractivity contribution is 0.173. The molecular weight excluding hydrogens is 248 g/mol. The van der Waals surface area contributed by atoms with Crippen LogP contribution in [0.25, 0.3) is 0 Å². The second-order valence-corrected chi connectivity index (χ2v) is 5.26. The molecule has 2 rings (SSSR count). The molecule has 1 atom stereocenters. The SMILES string of the molecule is OC(CNCCN1CCCC1)c1ccc(Cl)cc1. The lowest BCUT2D eigenvalue weighted by atomic mass is 10.1. The minimum Gasteiger partial charge on any atom is -0.387 e. The van der Waals surface area contributed by atoms with Crippen LogP contribution >= 0.6 is 11.6 Å². The number of aliphatic hydroxyl groups is 1. The summed E-state index contributed by atoms with van der Waals surface area (Å²) < 4.78 is 0. The first-order valence-corrected chi connectivity index (χ1v) is 7.00. The van der Waals surface area contributed by atoms with Crippen LogP contribution in [0.5, 0.6) is 0 Å². The summed E-state index contributed by atoms with van der Waals surface area (Å²) >= 11 is 5.81. The Morgan fingerprint density at radius 3 is 2.56 bits per heavy atom. The van der Waals surface area contributed by atoms with E-state index in [0.717, 1.165) is 18.7 Å². The molecule has 18 heavy (non-hydrogen) atoms. The summed E-state index contributed by atoms with van der Waals surface area (Å²) in [4.78, 5) is 2.46. The van der Waals surface area contributed by atoms with Gasteiger partial charge in [0.25, 0.3) is 0 Å². The molecule has 1 heterocycles. The number of halogens is 1. The summed E-state index contributed by atoms with van der Waals surface area (Å²) in [5.74, 6) is 0. The van der Waals surface area contributed by atoms with Gasteiger partial charge in [0.1, 0.15) is 0 Å². The number of hydrogen-bond acceptors (Lipinski definition) is 3. The van der Waals surface area contributed by atoms with Gasteiger partial charge in [0.05, 0.1) is 6.10 Å². The third-order valence-electron chi connectivity index (χ3n) is 3.40. The first-order valence-electron chi connectivity index (χ1n) is 6.62. The van der Waals surface area contributed by atoms with E-state index in [1.807, 2.05) is 24.3 Å². The van der Waals surface area contributed by atoms with Crippen LogP contribution in [0.3, 0.4) is 0 Å². The molecule has 1 aliphatic rings. The number of rotatable bonds is 6. The van der Waals surface area contributed by atoms with E-state index >= 15 is 0 Å². The molecule has 1 aromatic carbocycles. The number of aliphatic hydroxyl groups excluding tert-OH is 1. The van der Waals surface area contributed by atoms with Crippen LogP contribution in [0.15, 0.2) is 24.3 Å². The van der Waals surface area contributed by atoms with Gasteiger partial charge in [-0.15, -0.1) is 0 Å². The van der Waals surface area contributed by atoms with Gasteiger partial charge in [0.2, 0.25) is 0 Å². The highest BCUT2D eigenvalue weighted by Gasteiger charge is 2.11.